The van der Waals surface area contributed by atoms with Crippen molar-refractivity contribution in [1.29, 1.82) is 0 Å². The summed E-state index contributed by atoms with van der Waals surface area (Å²) in [6.45, 7) is 18.5. The smallest absolute Gasteiger partial charge is 0.330 e. The van der Waals surface area contributed by atoms with E-state index in [2.05, 4.69) is 40.5 Å². The Kier molecular flexibility index (Phi) is 18.3. The van der Waals surface area contributed by atoms with Crippen molar-refractivity contribution in [2.24, 2.45) is 5.41 Å². The molecule has 39 heavy (non-hydrogen) atoms. The zero-order valence-electron chi connectivity index (χ0n) is 24.2. The number of unbranched alkanes of at least 4 members (excludes halogenated alkanes) is 5. The van der Waals surface area contributed by atoms with Gasteiger partial charge in [-0.15, -0.1) is 0 Å². The summed E-state index contributed by atoms with van der Waals surface area (Å²) >= 11 is 0. The molecule has 0 spiro atoms. The van der Waals surface area contributed by atoms with Crippen LogP contribution in [0.4, 0.5) is 0 Å². The lowest BCUT2D eigenvalue weighted by Gasteiger charge is -2.36. The fourth-order valence-electron chi connectivity index (χ4n) is 4.09. The average molecular weight is 555 g/mol. The number of carbonyl (C=O) groups is 3. The van der Waals surface area contributed by atoms with E-state index in [0.717, 1.165) is 50.3 Å². The second-order valence-electron chi connectivity index (χ2n) is 10.9. The Hall–Kier alpha value is -2.49. The SMILES string of the molecule is C=CC(=O)OC(CCCC)C(O)C(OC(=O)C=C)C(O)C(OC(=O)C=C)C(O)CCCCCCCC(C)(C)C. The summed E-state index contributed by atoms with van der Waals surface area (Å²) in [5, 5.41) is 33.2. The van der Waals surface area contributed by atoms with Crippen LogP contribution in [0.5, 0.6) is 0 Å². The number of hydrogen-bond acceptors (Lipinski definition) is 9. The fourth-order valence-corrected chi connectivity index (χ4v) is 4.09. The van der Waals surface area contributed by atoms with E-state index in [0.29, 0.717) is 19.3 Å². The van der Waals surface area contributed by atoms with Crippen LogP contribution in [-0.4, -0.2) is 69.9 Å². The Labute approximate surface area is 233 Å². The normalized spacial score (nSPS) is 16.1. The first kappa shape index (κ1) is 36.5. The average Bonchev–Trinajstić information content (AvgIpc) is 2.89. The van der Waals surface area contributed by atoms with Gasteiger partial charge >= 0.3 is 17.9 Å². The van der Waals surface area contributed by atoms with Gasteiger partial charge in [-0.25, -0.2) is 14.4 Å². The van der Waals surface area contributed by atoms with Gasteiger partial charge in [-0.1, -0.05) is 86.0 Å². The van der Waals surface area contributed by atoms with E-state index in [1.807, 2.05) is 6.92 Å². The zero-order chi connectivity index (χ0) is 30.0. The lowest BCUT2D eigenvalue weighted by molar-refractivity contribution is -0.197. The van der Waals surface area contributed by atoms with Gasteiger partial charge in [-0.05, 0) is 31.1 Å². The van der Waals surface area contributed by atoms with Crippen LogP contribution in [0.1, 0.15) is 91.9 Å². The van der Waals surface area contributed by atoms with E-state index < -0.39 is 54.5 Å². The van der Waals surface area contributed by atoms with Crippen molar-refractivity contribution in [3.05, 3.63) is 38.0 Å². The molecule has 0 radical (unpaired) electrons. The summed E-state index contributed by atoms with van der Waals surface area (Å²) in [4.78, 5) is 36.1. The minimum absolute atomic E-state index is 0.189. The predicted octanol–water partition coefficient (Wildman–Crippen LogP) is 4.33. The Bertz CT molecular complexity index is 771. The first-order valence-electron chi connectivity index (χ1n) is 13.8. The third kappa shape index (κ3) is 15.6. The summed E-state index contributed by atoms with van der Waals surface area (Å²) in [5.41, 5.74) is 0.282. The Balaban J connectivity index is 5.70. The highest BCUT2D eigenvalue weighted by Gasteiger charge is 2.44. The number of aliphatic hydroxyl groups is 3. The molecule has 224 valence electrons. The van der Waals surface area contributed by atoms with Gasteiger partial charge < -0.3 is 29.5 Å². The molecule has 0 aliphatic carbocycles. The van der Waals surface area contributed by atoms with Crippen LogP contribution in [0.3, 0.4) is 0 Å². The molecule has 9 nitrogen and oxygen atoms in total. The van der Waals surface area contributed by atoms with E-state index in [1.165, 1.54) is 0 Å². The number of aliphatic hydroxyl groups excluding tert-OH is 3. The van der Waals surface area contributed by atoms with Gasteiger partial charge in [-0.2, -0.15) is 0 Å². The van der Waals surface area contributed by atoms with Crippen molar-refractivity contribution in [2.75, 3.05) is 0 Å². The largest absolute Gasteiger partial charge is 0.456 e. The van der Waals surface area contributed by atoms with E-state index in [9.17, 15) is 29.7 Å². The van der Waals surface area contributed by atoms with Gasteiger partial charge in [0.1, 0.15) is 18.3 Å². The maximum Gasteiger partial charge on any atom is 0.330 e. The van der Waals surface area contributed by atoms with Crippen LogP contribution < -0.4 is 0 Å². The molecule has 0 heterocycles. The molecule has 0 amide bonds. The van der Waals surface area contributed by atoms with Gasteiger partial charge in [0.15, 0.2) is 12.2 Å². The highest BCUT2D eigenvalue weighted by molar-refractivity contribution is 5.82. The van der Waals surface area contributed by atoms with Crippen molar-refractivity contribution < 1.29 is 43.9 Å². The first-order valence-corrected chi connectivity index (χ1v) is 13.8. The molecule has 0 aromatic carbocycles. The molecule has 6 atom stereocenters. The minimum atomic E-state index is -1.86. The number of hydrogen-bond donors (Lipinski definition) is 3. The predicted molar refractivity (Wildman–Crippen MR) is 150 cm³/mol. The minimum Gasteiger partial charge on any atom is -0.456 e. The molecule has 0 aromatic rings. The first-order chi connectivity index (χ1) is 18.3. The molecule has 0 aromatic heterocycles. The van der Waals surface area contributed by atoms with Gasteiger partial charge in [-0.3, -0.25) is 0 Å². The van der Waals surface area contributed by atoms with Crippen molar-refractivity contribution in [2.45, 2.75) is 129 Å². The van der Waals surface area contributed by atoms with E-state index in [1.54, 1.807) is 0 Å². The quantitative estimate of drug-likeness (QED) is 0.0818. The Morgan fingerprint density at radius 2 is 1.18 bits per heavy atom. The highest BCUT2D eigenvalue weighted by atomic mass is 16.6. The summed E-state index contributed by atoms with van der Waals surface area (Å²) in [6, 6.07) is 0. The molecule has 0 saturated carbocycles. The van der Waals surface area contributed by atoms with Crippen molar-refractivity contribution >= 4 is 17.9 Å². The topological polar surface area (TPSA) is 140 Å². The monoisotopic (exact) mass is 554 g/mol. The van der Waals surface area contributed by atoms with Crippen LogP contribution in [-0.2, 0) is 28.6 Å². The van der Waals surface area contributed by atoms with Gasteiger partial charge in [0, 0.05) is 18.2 Å². The molecular weight excluding hydrogens is 504 g/mol. The molecule has 0 aliphatic rings. The lowest BCUT2D eigenvalue weighted by Crippen LogP contribution is -2.55. The van der Waals surface area contributed by atoms with Gasteiger partial charge in [0.05, 0.1) is 6.10 Å². The highest BCUT2D eigenvalue weighted by Crippen LogP contribution is 2.25. The number of rotatable bonds is 21. The molecule has 0 aliphatic heterocycles. The van der Waals surface area contributed by atoms with E-state index >= 15 is 0 Å². The molecule has 0 saturated heterocycles. The van der Waals surface area contributed by atoms with Crippen LogP contribution in [0.15, 0.2) is 38.0 Å². The summed E-state index contributed by atoms with van der Waals surface area (Å²) in [7, 11) is 0. The molecule has 0 bridgehead atoms. The number of esters is 3. The fraction of sp³-hybridized carbons (Fsp3) is 0.700. The molecule has 0 fully saturated rings. The molecule has 3 N–H and O–H groups in total. The second-order valence-corrected chi connectivity index (χ2v) is 10.9. The number of ether oxygens (including phenoxy) is 3. The molecule has 0 rings (SSSR count). The lowest BCUT2D eigenvalue weighted by atomic mass is 9.89. The van der Waals surface area contributed by atoms with E-state index in [4.69, 9.17) is 14.2 Å². The van der Waals surface area contributed by atoms with Crippen molar-refractivity contribution in [3.8, 4) is 0 Å². The molecular formula is C30H50O9. The summed E-state index contributed by atoms with van der Waals surface area (Å²) in [5.74, 6) is -2.69. The van der Waals surface area contributed by atoms with Gasteiger partial charge in [0.25, 0.3) is 0 Å². The van der Waals surface area contributed by atoms with Crippen LogP contribution >= 0.6 is 0 Å². The Morgan fingerprint density at radius 1 is 0.692 bits per heavy atom. The molecule has 6 unspecified atom stereocenters. The standard InChI is InChI=1S/C30H50O9/c1-8-12-19-22(37-23(32)9-2)26(35)29(39-25(34)11-4)27(36)28(38-24(33)10-3)21(31)18-16-14-13-15-17-20-30(5,6)7/h9-11,21-22,26-29,31,35-36H,2-4,8,12-20H2,1,5-7H3. The van der Waals surface area contributed by atoms with Crippen molar-refractivity contribution in [3.63, 3.8) is 0 Å². The zero-order valence-corrected chi connectivity index (χ0v) is 24.2. The maximum absolute atomic E-state index is 12.1. The van der Waals surface area contributed by atoms with Crippen LogP contribution in [0.2, 0.25) is 0 Å². The van der Waals surface area contributed by atoms with Crippen molar-refractivity contribution in [1.82, 2.24) is 0 Å². The van der Waals surface area contributed by atoms with Gasteiger partial charge in [0.2, 0.25) is 0 Å². The maximum atomic E-state index is 12.1. The molecule has 9 heteroatoms. The summed E-state index contributed by atoms with van der Waals surface area (Å²) in [6.07, 6.45) is 0.606. The third-order valence-corrected chi connectivity index (χ3v) is 6.31. The van der Waals surface area contributed by atoms with Crippen LogP contribution in [0, 0.1) is 5.41 Å². The summed E-state index contributed by atoms with van der Waals surface area (Å²) < 4.78 is 15.8. The second kappa shape index (κ2) is 19.6. The van der Waals surface area contributed by atoms with Crippen LogP contribution in [0.25, 0.3) is 0 Å². The third-order valence-electron chi connectivity index (χ3n) is 6.31. The van der Waals surface area contributed by atoms with E-state index in [-0.39, 0.29) is 18.3 Å². The number of carbonyl (C=O) groups excluding carboxylic acids is 3. The Morgan fingerprint density at radius 3 is 1.69 bits per heavy atom.